The molecule has 25 heavy (non-hydrogen) atoms. The van der Waals surface area contributed by atoms with Gasteiger partial charge in [-0.05, 0) is 37.3 Å². The zero-order valence-corrected chi connectivity index (χ0v) is 14.1. The fourth-order valence-electron chi connectivity index (χ4n) is 3.26. The van der Waals surface area contributed by atoms with Crippen LogP contribution in [0.4, 0.5) is 4.39 Å². The number of benzene rings is 2. The number of methoxy groups -OCH3 is 2. The van der Waals surface area contributed by atoms with E-state index in [1.807, 2.05) is 13.0 Å². The summed E-state index contributed by atoms with van der Waals surface area (Å²) in [7, 11) is 3.22. The van der Waals surface area contributed by atoms with Crippen LogP contribution in [0, 0.1) is 12.7 Å². The third-order valence-corrected chi connectivity index (χ3v) is 4.39. The summed E-state index contributed by atoms with van der Waals surface area (Å²) in [6.07, 6.45) is 1.75. The number of pyridine rings is 1. The molecule has 0 unspecified atom stereocenters. The Morgan fingerprint density at radius 3 is 2.48 bits per heavy atom. The molecule has 0 aliphatic heterocycles. The molecule has 0 aliphatic rings. The first-order chi connectivity index (χ1) is 12.1. The molecule has 0 aliphatic carbocycles. The monoisotopic (exact) mass is 337 g/mol. The highest BCUT2D eigenvalue weighted by Gasteiger charge is 2.19. The van der Waals surface area contributed by atoms with Crippen LogP contribution in [0.1, 0.15) is 5.56 Å². The maximum absolute atomic E-state index is 13.3. The summed E-state index contributed by atoms with van der Waals surface area (Å²) in [5.74, 6) is 1.01. The van der Waals surface area contributed by atoms with Crippen molar-refractivity contribution in [3.05, 3.63) is 47.9 Å². The summed E-state index contributed by atoms with van der Waals surface area (Å²) in [5.41, 5.74) is 3.15. The lowest BCUT2D eigenvalue weighted by Gasteiger charge is -2.16. The maximum atomic E-state index is 13.3. The van der Waals surface area contributed by atoms with Gasteiger partial charge in [-0.15, -0.1) is 0 Å². The van der Waals surface area contributed by atoms with Crippen molar-refractivity contribution in [1.29, 1.82) is 0 Å². The van der Waals surface area contributed by atoms with E-state index >= 15 is 0 Å². The second kappa shape index (κ2) is 5.73. The lowest BCUT2D eigenvalue weighted by atomic mass is 9.97. The van der Waals surface area contributed by atoms with Crippen LogP contribution in [0.25, 0.3) is 33.1 Å². The Kier molecular flexibility index (Phi) is 3.53. The van der Waals surface area contributed by atoms with Gasteiger partial charge in [-0.25, -0.2) is 9.37 Å². The molecule has 0 saturated carbocycles. The largest absolute Gasteiger partial charge is 0.493 e. The minimum atomic E-state index is -0.286. The number of nitrogens with zero attached hydrogens (tertiary/aromatic N) is 2. The number of hydrogen-bond acceptors (Lipinski definition) is 4. The summed E-state index contributed by atoms with van der Waals surface area (Å²) in [6, 6.07) is 8.18. The molecule has 0 fully saturated rings. The molecule has 1 N–H and O–H groups in total. The Hall–Kier alpha value is -3.15. The number of fused-ring (bicyclic) bond motifs is 3. The predicted molar refractivity (Wildman–Crippen MR) is 94.6 cm³/mol. The van der Waals surface area contributed by atoms with E-state index in [1.54, 1.807) is 32.5 Å². The quantitative estimate of drug-likeness (QED) is 0.607. The molecule has 0 amide bonds. The number of halogens is 1. The highest BCUT2D eigenvalue weighted by molar-refractivity contribution is 6.12. The van der Waals surface area contributed by atoms with Gasteiger partial charge < -0.3 is 9.47 Å². The Morgan fingerprint density at radius 1 is 1.04 bits per heavy atom. The molecule has 0 spiro atoms. The lowest BCUT2D eigenvalue weighted by Crippen LogP contribution is -1.97. The zero-order valence-electron chi connectivity index (χ0n) is 14.1. The van der Waals surface area contributed by atoms with Gasteiger partial charge in [0.15, 0.2) is 17.1 Å². The van der Waals surface area contributed by atoms with E-state index < -0.39 is 0 Å². The van der Waals surface area contributed by atoms with Gasteiger partial charge in [0.2, 0.25) is 0 Å². The standard InChI is InChI=1S/C19H16FN3O2/c1-10-16-13(8-15(24-2)18(10)25-3)17(11-4-6-12(20)7-5-11)22-19-14(16)9-21-23-19/h4-9H,1-3H3,(H,21,22,23). The van der Waals surface area contributed by atoms with E-state index in [-0.39, 0.29) is 5.82 Å². The highest BCUT2D eigenvalue weighted by Crippen LogP contribution is 2.42. The minimum Gasteiger partial charge on any atom is -0.493 e. The Labute approximate surface area is 143 Å². The molecule has 126 valence electrons. The number of aryl methyl sites for hydroxylation is 1. The fourth-order valence-corrected chi connectivity index (χ4v) is 3.26. The van der Waals surface area contributed by atoms with Crippen LogP contribution in [-0.4, -0.2) is 29.4 Å². The van der Waals surface area contributed by atoms with E-state index in [0.29, 0.717) is 17.1 Å². The number of ether oxygens (including phenoxy) is 2. The number of hydrogen-bond donors (Lipinski definition) is 1. The van der Waals surface area contributed by atoms with Gasteiger partial charge in [0.05, 0.1) is 26.1 Å². The first-order valence-corrected chi connectivity index (χ1v) is 7.78. The number of nitrogens with one attached hydrogen (secondary N) is 1. The minimum absolute atomic E-state index is 0.286. The zero-order chi connectivity index (χ0) is 17.6. The normalized spacial score (nSPS) is 11.2. The molecule has 0 atom stereocenters. The van der Waals surface area contributed by atoms with Crippen LogP contribution in [0.2, 0.25) is 0 Å². The van der Waals surface area contributed by atoms with Gasteiger partial charge in [-0.2, -0.15) is 5.10 Å². The first-order valence-electron chi connectivity index (χ1n) is 7.78. The van der Waals surface area contributed by atoms with E-state index in [1.165, 1.54) is 12.1 Å². The molecule has 6 heteroatoms. The molecule has 2 aromatic carbocycles. The molecule has 0 saturated heterocycles. The Morgan fingerprint density at radius 2 is 1.80 bits per heavy atom. The van der Waals surface area contributed by atoms with Gasteiger partial charge in [0, 0.05) is 27.3 Å². The van der Waals surface area contributed by atoms with Gasteiger partial charge in [0.25, 0.3) is 0 Å². The topological polar surface area (TPSA) is 60.0 Å². The predicted octanol–water partition coefficient (Wildman–Crippen LogP) is 4.24. The lowest BCUT2D eigenvalue weighted by molar-refractivity contribution is 0.354. The molecular weight excluding hydrogens is 321 g/mol. The molecule has 4 aromatic rings. The van der Waals surface area contributed by atoms with E-state index in [9.17, 15) is 4.39 Å². The van der Waals surface area contributed by atoms with Crippen molar-refractivity contribution in [2.45, 2.75) is 6.92 Å². The van der Waals surface area contributed by atoms with Crippen LogP contribution in [0.3, 0.4) is 0 Å². The summed E-state index contributed by atoms with van der Waals surface area (Å²) in [5, 5.41) is 9.82. The number of aromatic nitrogens is 3. The number of H-pyrrole nitrogens is 1. The van der Waals surface area contributed by atoms with Crippen molar-refractivity contribution in [2.24, 2.45) is 0 Å². The van der Waals surface area contributed by atoms with Crippen LogP contribution in [0.5, 0.6) is 11.5 Å². The van der Waals surface area contributed by atoms with Crippen molar-refractivity contribution in [3.63, 3.8) is 0 Å². The fraction of sp³-hybridized carbons (Fsp3) is 0.158. The average molecular weight is 337 g/mol. The smallest absolute Gasteiger partial charge is 0.164 e. The summed E-state index contributed by atoms with van der Waals surface area (Å²) < 4.78 is 24.4. The van der Waals surface area contributed by atoms with Crippen molar-refractivity contribution >= 4 is 21.8 Å². The van der Waals surface area contributed by atoms with Crippen LogP contribution >= 0.6 is 0 Å². The molecule has 0 bridgehead atoms. The summed E-state index contributed by atoms with van der Waals surface area (Å²) >= 11 is 0. The molecule has 0 radical (unpaired) electrons. The van der Waals surface area contributed by atoms with Crippen molar-refractivity contribution < 1.29 is 13.9 Å². The SMILES string of the molecule is COc1cc2c(-c3ccc(F)cc3)nc3[nH]ncc3c2c(C)c1OC. The summed E-state index contributed by atoms with van der Waals surface area (Å²) in [4.78, 5) is 4.70. The first kappa shape index (κ1) is 15.4. The number of rotatable bonds is 3. The van der Waals surface area contributed by atoms with E-state index in [0.717, 1.165) is 33.0 Å². The van der Waals surface area contributed by atoms with E-state index in [2.05, 4.69) is 10.2 Å². The van der Waals surface area contributed by atoms with Gasteiger partial charge in [-0.1, -0.05) is 0 Å². The van der Waals surface area contributed by atoms with Crippen LogP contribution in [0.15, 0.2) is 36.5 Å². The van der Waals surface area contributed by atoms with Crippen molar-refractivity contribution in [2.75, 3.05) is 14.2 Å². The second-order valence-corrected chi connectivity index (χ2v) is 5.76. The van der Waals surface area contributed by atoms with Gasteiger partial charge >= 0.3 is 0 Å². The van der Waals surface area contributed by atoms with E-state index in [4.69, 9.17) is 14.5 Å². The third kappa shape index (κ3) is 2.29. The molecule has 4 rings (SSSR count). The van der Waals surface area contributed by atoms with Crippen LogP contribution < -0.4 is 9.47 Å². The molecule has 2 aromatic heterocycles. The third-order valence-electron chi connectivity index (χ3n) is 4.39. The van der Waals surface area contributed by atoms with Gasteiger partial charge in [0.1, 0.15) is 5.82 Å². The summed E-state index contributed by atoms with van der Waals surface area (Å²) in [6.45, 7) is 1.98. The molecule has 5 nitrogen and oxygen atoms in total. The molecular formula is C19H16FN3O2. The van der Waals surface area contributed by atoms with Crippen LogP contribution in [-0.2, 0) is 0 Å². The highest BCUT2D eigenvalue weighted by atomic mass is 19.1. The Balaban J connectivity index is 2.18. The van der Waals surface area contributed by atoms with Gasteiger partial charge in [-0.3, -0.25) is 5.10 Å². The maximum Gasteiger partial charge on any atom is 0.164 e. The average Bonchev–Trinajstić information content (AvgIpc) is 3.09. The molecule has 2 heterocycles. The van der Waals surface area contributed by atoms with Crippen molar-refractivity contribution in [1.82, 2.24) is 15.2 Å². The number of aromatic amines is 1. The second-order valence-electron chi connectivity index (χ2n) is 5.76. The van der Waals surface area contributed by atoms with Crippen molar-refractivity contribution in [3.8, 4) is 22.8 Å². The Bertz CT molecular complexity index is 1090.